The van der Waals surface area contributed by atoms with E-state index in [-0.39, 0.29) is 12.2 Å². The van der Waals surface area contributed by atoms with Crippen LogP contribution in [-0.4, -0.2) is 21.7 Å². The fraction of sp³-hybridized carbons (Fsp3) is 0.250. The number of carboxylic acid groups (broad SMARTS) is 1. The van der Waals surface area contributed by atoms with E-state index in [9.17, 15) is 9.59 Å². The zero-order valence-electron chi connectivity index (χ0n) is 7.17. The van der Waals surface area contributed by atoms with Crippen molar-refractivity contribution in [1.82, 2.24) is 0 Å². The second kappa shape index (κ2) is 5.56. The summed E-state index contributed by atoms with van der Waals surface area (Å²) in [4.78, 5) is 22.0. The molecule has 1 N–H and O–H groups in total. The van der Waals surface area contributed by atoms with Crippen LogP contribution in [0.3, 0.4) is 0 Å². The minimum absolute atomic E-state index is 0.214. The first-order valence-electron chi connectivity index (χ1n) is 3.76. The first-order valence-corrected chi connectivity index (χ1v) is 7.08. The molecule has 1 aromatic rings. The van der Waals surface area contributed by atoms with Gasteiger partial charge >= 0.3 is 5.97 Å². The second-order valence-corrected chi connectivity index (χ2v) is 6.99. The van der Waals surface area contributed by atoms with Crippen LogP contribution in [0.5, 0.6) is 0 Å². The Kier molecular flexibility index (Phi) is 4.95. The molecule has 0 aliphatic rings. The lowest BCUT2D eigenvalue weighted by atomic mass is 10.2. The van der Waals surface area contributed by atoms with Crippen molar-refractivity contribution in [3.63, 3.8) is 0 Å². The van der Waals surface area contributed by atoms with Crippen molar-refractivity contribution in [1.29, 1.82) is 0 Å². The molecule has 0 aromatic carbocycles. The van der Waals surface area contributed by atoms with Gasteiger partial charge in [-0.25, -0.2) is 0 Å². The summed E-state index contributed by atoms with van der Waals surface area (Å²) in [6, 6.07) is 1.67. The number of halogens is 3. The van der Waals surface area contributed by atoms with Crippen LogP contribution in [-0.2, 0) is 4.79 Å². The number of alkyl halides is 1. The van der Waals surface area contributed by atoms with E-state index in [4.69, 9.17) is 5.11 Å². The SMILES string of the molecule is O=C(O)CC(Br)C(=O)c1cc(Br)c(Br)s1. The molecule has 1 heterocycles. The lowest BCUT2D eigenvalue weighted by molar-refractivity contribution is -0.136. The molecule has 1 rings (SSSR count). The molecular formula is C8H5Br3O3S. The molecule has 0 spiro atoms. The van der Waals surface area contributed by atoms with Crippen LogP contribution >= 0.6 is 59.1 Å². The van der Waals surface area contributed by atoms with Gasteiger partial charge in [-0.3, -0.25) is 9.59 Å². The molecular weight excluding hydrogens is 416 g/mol. The summed E-state index contributed by atoms with van der Waals surface area (Å²) >= 11 is 10.9. The Morgan fingerprint density at radius 1 is 1.47 bits per heavy atom. The Hall–Kier alpha value is 0.280. The Balaban J connectivity index is 2.80. The van der Waals surface area contributed by atoms with Crippen LogP contribution in [0.25, 0.3) is 0 Å². The first-order chi connectivity index (χ1) is 6.91. The summed E-state index contributed by atoms with van der Waals surface area (Å²) in [5, 5.41) is 8.54. The van der Waals surface area contributed by atoms with Crippen molar-refractivity contribution in [2.75, 3.05) is 0 Å². The third-order valence-electron chi connectivity index (χ3n) is 1.53. The standard InChI is InChI=1S/C8H5Br3O3S/c9-3(2-6(12)13)7(14)5-1-4(10)8(11)15-5/h1,3H,2H2,(H,12,13). The van der Waals surface area contributed by atoms with Crippen molar-refractivity contribution in [3.8, 4) is 0 Å². The van der Waals surface area contributed by atoms with E-state index in [0.717, 1.165) is 8.26 Å². The van der Waals surface area contributed by atoms with E-state index in [2.05, 4.69) is 47.8 Å². The van der Waals surface area contributed by atoms with Gasteiger partial charge in [0, 0.05) is 4.47 Å². The third-order valence-corrected chi connectivity index (χ3v) is 5.54. The van der Waals surface area contributed by atoms with E-state index < -0.39 is 10.8 Å². The Morgan fingerprint density at radius 3 is 2.47 bits per heavy atom. The molecule has 0 fully saturated rings. The molecule has 1 atom stereocenters. The number of ketones is 1. The molecule has 0 aliphatic heterocycles. The molecule has 0 aliphatic carbocycles. The van der Waals surface area contributed by atoms with Crippen molar-refractivity contribution in [2.24, 2.45) is 0 Å². The molecule has 1 aromatic heterocycles. The van der Waals surface area contributed by atoms with Gasteiger partial charge in [0.1, 0.15) is 0 Å². The molecule has 7 heteroatoms. The number of rotatable bonds is 4. The van der Waals surface area contributed by atoms with Crippen LogP contribution in [0.1, 0.15) is 16.1 Å². The van der Waals surface area contributed by atoms with E-state index in [1.54, 1.807) is 6.07 Å². The Morgan fingerprint density at radius 2 is 2.07 bits per heavy atom. The zero-order valence-corrected chi connectivity index (χ0v) is 12.7. The van der Waals surface area contributed by atoms with E-state index in [0.29, 0.717) is 4.88 Å². The van der Waals surface area contributed by atoms with Gasteiger partial charge in [-0.15, -0.1) is 11.3 Å². The number of carbonyl (C=O) groups excluding carboxylic acids is 1. The van der Waals surface area contributed by atoms with E-state index in [1.165, 1.54) is 11.3 Å². The average molecular weight is 421 g/mol. The number of aliphatic carboxylic acids is 1. The maximum atomic E-state index is 11.7. The van der Waals surface area contributed by atoms with Gasteiger partial charge in [-0.2, -0.15) is 0 Å². The number of Topliss-reactive ketones (excluding diaryl/α,β-unsaturated/α-hetero) is 1. The largest absolute Gasteiger partial charge is 0.481 e. The van der Waals surface area contributed by atoms with Crippen molar-refractivity contribution < 1.29 is 14.7 Å². The summed E-state index contributed by atoms with van der Waals surface area (Å²) in [6.07, 6.45) is -0.216. The summed E-state index contributed by atoms with van der Waals surface area (Å²) in [7, 11) is 0. The van der Waals surface area contributed by atoms with Crippen LogP contribution < -0.4 is 0 Å². The summed E-state index contributed by atoms with van der Waals surface area (Å²) < 4.78 is 1.62. The average Bonchev–Trinajstić information content (AvgIpc) is 2.44. The normalized spacial score (nSPS) is 12.5. The highest BCUT2D eigenvalue weighted by Gasteiger charge is 2.22. The van der Waals surface area contributed by atoms with Gasteiger partial charge < -0.3 is 5.11 Å². The van der Waals surface area contributed by atoms with Crippen LogP contribution in [0.2, 0.25) is 0 Å². The molecule has 0 saturated heterocycles. The maximum absolute atomic E-state index is 11.7. The number of thiophene rings is 1. The number of carboxylic acids is 1. The summed E-state index contributed by atoms with van der Waals surface area (Å²) in [5.74, 6) is -1.21. The molecule has 0 bridgehead atoms. The molecule has 15 heavy (non-hydrogen) atoms. The molecule has 0 amide bonds. The molecule has 0 saturated carbocycles. The van der Waals surface area contributed by atoms with Gasteiger partial charge in [-0.05, 0) is 37.9 Å². The van der Waals surface area contributed by atoms with Crippen molar-refractivity contribution >= 4 is 70.9 Å². The van der Waals surface area contributed by atoms with Gasteiger partial charge in [-0.1, -0.05) is 15.9 Å². The molecule has 82 valence electrons. The van der Waals surface area contributed by atoms with Crippen LogP contribution in [0, 0.1) is 0 Å². The molecule has 1 unspecified atom stereocenters. The summed E-state index contributed by atoms with van der Waals surface area (Å²) in [6.45, 7) is 0. The highest BCUT2D eigenvalue weighted by Crippen LogP contribution is 2.33. The fourth-order valence-electron chi connectivity index (χ4n) is 0.868. The minimum atomic E-state index is -1.00. The third kappa shape index (κ3) is 3.65. The van der Waals surface area contributed by atoms with Gasteiger partial charge in [0.25, 0.3) is 0 Å². The van der Waals surface area contributed by atoms with E-state index in [1.807, 2.05) is 0 Å². The van der Waals surface area contributed by atoms with E-state index >= 15 is 0 Å². The Bertz CT molecular complexity index is 382. The van der Waals surface area contributed by atoms with Crippen LogP contribution in [0.4, 0.5) is 0 Å². The predicted molar refractivity (Wildman–Crippen MR) is 69.0 cm³/mol. The smallest absolute Gasteiger partial charge is 0.304 e. The van der Waals surface area contributed by atoms with Gasteiger partial charge in [0.2, 0.25) is 0 Å². The second-order valence-electron chi connectivity index (χ2n) is 2.66. The van der Waals surface area contributed by atoms with Gasteiger partial charge in [0.15, 0.2) is 5.78 Å². The first kappa shape index (κ1) is 13.3. The predicted octanol–water partition coefficient (Wildman–Crippen LogP) is 3.69. The zero-order chi connectivity index (χ0) is 11.6. The van der Waals surface area contributed by atoms with Crippen LogP contribution in [0.15, 0.2) is 14.3 Å². The number of carbonyl (C=O) groups is 2. The van der Waals surface area contributed by atoms with Crippen molar-refractivity contribution in [2.45, 2.75) is 11.2 Å². The number of hydrogen-bond donors (Lipinski definition) is 1. The van der Waals surface area contributed by atoms with Gasteiger partial charge in [0.05, 0.1) is 19.9 Å². The van der Waals surface area contributed by atoms with Crippen molar-refractivity contribution in [3.05, 3.63) is 19.2 Å². The summed E-state index contributed by atoms with van der Waals surface area (Å²) in [5.41, 5.74) is 0. The highest BCUT2D eigenvalue weighted by atomic mass is 79.9. The fourth-order valence-corrected chi connectivity index (χ4v) is 3.57. The number of hydrogen-bond acceptors (Lipinski definition) is 3. The maximum Gasteiger partial charge on any atom is 0.304 e. The Labute approximate surface area is 115 Å². The lowest BCUT2D eigenvalue weighted by Crippen LogP contribution is -2.17. The molecule has 3 nitrogen and oxygen atoms in total. The highest BCUT2D eigenvalue weighted by molar-refractivity contribution is 9.13. The quantitative estimate of drug-likeness (QED) is 0.597. The molecule has 0 radical (unpaired) electrons. The minimum Gasteiger partial charge on any atom is -0.481 e. The monoisotopic (exact) mass is 418 g/mol. The lowest BCUT2D eigenvalue weighted by Gasteiger charge is -2.02. The topological polar surface area (TPSA) is 54.4 Å².